The number of ketones is 3. The molecule has 0 saturated carbocycles. The van der Waals surface area contributed by atoms with Gasteiger partial charge in [0.05, 0.1) is 17.5 Å². The van der Waals surface area contributed by atoms with Crippen LogP contribution < -0.4 is 9.64 Å². The molecule has 0 amide bonds. The van der Waals surface area contributed by atoms with Crippen molar-refractivity contribution in [2.45, 2.75) is 24.9 Å². The highest BCUT2D eigenvalue weighted by Gasteiger charge is 2.72. The van der Waals surface area contributed by atoms with Crippen LogP contribution in [0.2, 0.25) is 5.02 Å². The molecular formula is C33H24ClNO4S. The first-order valence-electron chi connectivity index (χ1n) is 13.2. The predicted molar refractivity (Wildman–Crippen MR) is 157 cm³/mol. The van der Waals surface area contributed by atoms with Crippen LogP contribution in [-0.4, -0.2) is 36.0 Å². The number of nitrogens with zero attached hydrogens (tertiary/aromatic N) is 1. The van der Waals surface area contributed by atoms with E-state index in [1.807, 2.05) is 71.8 Å². The SMILES string of the molecule is CCOc1ccccc1[C@@H]1[C@@H](C(=O)c2cccs2)N2c3ccc(Cl)cc3C=CC2C12C(=O)c1ccccc1C2=O. The van der Waals surface area contributed by atoms with E-state index in [1.54, 1.807) is 36.4 Å². The average molecular weight is 566 g/mol. The number of halogens is 1. The maximum Gasteiger partial charge on any atom is 0.195 e. The Labute approximate surface area is 240 Å². The molecule has 1 aliphatic carbocycles. The van der Waals surface area contributed by atoms with E-state index in [0.29, 0.717) is 38.9 Å². The van der Waals surface area contributed by atoms with Crippen LogP contribution in [0.4, 0.5) is 5.69 Å². The molecule has 5 nitrogen and oxygen atoms in total. The summed E-state index contributed by atoms with van der Waals surface area (Å²) < 4.78 is 6.07. The van der Waals surface area contributed by atoms with E-state index >= 15 is 0 Å². The third-order valence-electron chi connectivity index (χ3n) is 8.35. The fraction of sp³-hybridized carbons (Fsp3) is 0.182. The minimum absolute atomic E-state index is 0.138. The van der Waals surface area contributed by atoms with Crippen molar-refractivity contribution < 1.29 is 19.1 Å². The third kappa shape index (κ3) is 3.30. The molecule has 3 heterocycles. The van der Waals surface area contributed by atoms with E-state index in [1.165, 1.54) is 11.3 Å². The van der Waals surface area contributed by atoms with E-state index in [4.69, 9.17) is 16.3 Å². The maximum atomic E-state index is 14.7. The summed E-state index contributed by atoms with van der Waals surface area (Å²) in [5, 5.41) is 2.43. The van der Waals surface area contributed by atoms with Gasteiger partial charge in [0.2, 0.25) is 0 Å². The van der Waals surface area contributed by atoms with E-state index in [2.05, 4.69) is 0 Å². The number of Topliss-reactive ketones (excluding diaryl/α,β-unsaturated/α-hetero) is 3. The van der Waals surface area contributed by atoms with Gasteiger partial charge in [-0.05, 0) is 48.2 Å². The zero-order valence-corrected chi connectivity index (χ0v) is 23.1. The van der Waals surface area contributed by atoms with Crippen molar-refractivity contribution in [1.82, 2.24) is 0 Å². The quantitative estimate of drug-likeness (QED) is 0.190. The summed E-state index contributed by atoms with van der Waals surface area (Å²) in [6.45, 7) is 2.29. The predicted octanol–water partition coefficient (Wildman–Crippen LogP) is 7.12. The average Bonchev–Trinajstić information content (AvgIpc) is 3.67. The van der Waals surface area contributed by atoms with Gasteiger partial charge in [-0.15, -0.1) is 11.3 Å². The number of hydrogen-bond acceptors (Lipinski definition) is 6. The first-order chi connectivity index (χ1) is 19.5. The standard InChI is InChI=1S/C33H24ClNO4S/c1-2-39-25-11-6-5-10-23(25)28-29(30(36)26-12-7-17-40-26)35-24-15-14-20(34)18-19(24)13-16-27(35)33(28)31(37)21-8-3-4-9-22(21)32(33)38/h3-18,27-29H,2H2,1H3/t27?,28-,29+/m1/s1. The normalized spacial score (nSPS) is 21.9. The molecule has 1 fully saturated rings. The summed E-state index contributed by atoms with van der Waals surface area (Å²) in [6, 6.07) is 22.1. The summed E-state index contributed by atoms with van der Waals surface area (Å²) in [5.41, 5.74) is 1.49. The zero-order chi connectivity index (χ0) is 27.6. The van der Waals surface area contributed by atoms with Gasteiger partial charge in [-0.1, -0.05) is 72.3 Å². The molecule has 3 aromatic carbocycles. The first-order valence-corrected chi connectivity index (χ1v) is 14.5. The fourth-order valence-corrected chi connectivity index (χ4v) is 7.76. The van der Waals surface area contributed by atoms with Gasteiger partial charge >= 0.3 is 0 Å². The highest BCUT2D eigenvalue weighted by Crippen LogP contribution is 2.62. The maximum absolute atomic E-state index is 14.7. The molecule has 1 spiro atoms. The van der Waals surface area contributed by atoms with Crippen molar-refractivity contribution in [2.24, 2.45) is 5.41 Å². The van der Waals surface area contributed by atoms with Gasteiger partial charge in [-0.3, -0.25) is 14.4 Å². The number of para-hydroxylation sites is 1. The largest absolute Gasteiger partial charge is 0.494 e. The number of anilines is 1. The minimum atomic E-state index is -1.57. The molecule has 198 valence electrons. The van der Waals surface area contributed by atoms with Crippen LogP contribution in [0.5, 0.6) is 5.75 Å². The van der Waals surface area contributed by atoms with Gasteiger partial charge < -0.3 is 9.64 Å². The third-order valence-corrected chi connectivity index (χ3v) is 9.47. The molecular weight excluding hydrogens is 542 g/mol. The Morgan fingerprint density at radius 1 is 0.975 bits per heavy atom. The molecule has 1 aromatic heterocycles. The number of hydrogen-bond donors (Lipinski definition) is 0. The Hall–Kier alpha value is -4.00. The van der Waals surface area contributed by atoms with Crippen molar-refractivity contribution in [3.8, 4) is 5.75 Å². The number of thiophene rings is 1. The van der Waals surface area contributed by atoms with E-state index in [0.717, 1.165) is 11.3 Å². The van der Waals surface area contributed by atoms with E-state index < -0.39 is 23.4 Å². The molecule has 0 bridgehead atoms. The fourth-order valence-electron chi connectivity index (χ4n) is 6.88. The van der Waals surface area contributed by atoms with Gasteiger partial charge in [0.25, 0.3) is 0 Å². The number of benzene rings is 3. The van der Waals surface area contributed by atoms with Crippen LogP contribution in [0.15, 0.2) is 90.3 Å². The smallest absolute Gasteiger partial charge is 0.195 e. The highest BCUT2D eigenvalue weighted by atomic mass is 35.5. The number of ether oxygens (including phenoxy) is 1. The highest BCUT2D eigenvalue weighted by molar-refractivity contribution is 7.12. The second kappa shape index (κ2) is 9.29. The molecule has 40 heavy (non-hydrogen) atoms. The molecule has 4 aromatic rings. The van der Waals surface area contributed by atoms with Crippen molar-refractivity contribution in [3.05, 3.63) is 122 Å². The van der Waals surface area contributed by atoms with Gasteiger partial charge in [0.15, 0.2) is 17.3 Å². The minimum Gasteiger partial charge on any atom is -0.494 e. The second-order valence-electron chi connectivity index (χ2n) is 10.2. The summed E-state index contributed by atoms with van der Waals surface area (Å²) in [4.78, 5) is 46.5. The monoisotopic (exact) mass is 565 g/mol. The second-order valence-corrected chi connectivity index (χ2v) is 11.6. The number of rotatable bonds is 5. The number of carbonyl (C=O) groups is 3. The summed E-state index contributed by atoms with van der Waals surface area (Å²) in [6.07, 6.45) is 3.81. The van der Waals surface area contributed by atoms with Crippen LogP contribution in [0.25, 0.3) is 6.08 Å². The first kappa shape index (κ1) is 25.0. The van der Waals surface area contributed by atoms with Crippen molar-refractivity contribution in [2.75, 3.05) is 11.5 Å². The van der Waals surface area contributed by atoms with Gasteiger partial charge in [0, 0.05) is 33.3 Å². The molecule has 0 radical (unpaired) electrons. The Morgan fingerprint density at radius 2 is 1.70 bits per heavy atom. The molecule has 1 saturated heterocycles. The molecule has 7 rings (SSSR count). The lowest BCUT2D eigenvalue weighted by Gasteiger charge is -2.37. The lowest BCUT2D eigenvalue weighted by molar-refractivity contribution is 0.0664. The van der Waals surface area contributed by atoms with Crippen LogP contribution >= 0.6 is 22.9 Å². The summed E-state index contributed by atoms with van der Waals surface area (Å²) in [5.74, 6) is -0.907. The molecule has 7 heteroatoms. The van der Waals surface area contributed by atoms with Crippen LogP contribution in [-0.2, 0) is 0 Å². The van der Waals surface area contributed by atoms with Crippen molar-refractivity contribution in [3.63, 3.8) is 0 Å². The summed E-state index contributed by atoms with van der Waals surface area (Å²) >= 11 is 7.72. The molecule has 1 unspecified atom stereocenters. The van der Waals surface area contributed by atoms with E-state index in [-0.39, 0.29) is 17.3 Å². The van der Waals surface area contributed by atoms with Crippen molar-refractivity contribution >= 4 is 52.1 Å². The Kier molecular flexibility index (Phi) is 5.81. The number of fused-ring (bicyclic) bond motifs is 5. The Balaban J connectivity index is 1.57. The van der Waals surface area contributed by atoms with Gasteiger partial charge in [-0.25, -0.2) is 0 Å². The van der Waals surface area contributed by atoms with Crippen LogP contribution in [0, 0.1) is 5.41 Å². The number of carbonyl (C=O) groups excluding carboxylic acids is 3. The molecule has 2 aliphatic heterocycles. The van der Waals surface area contributed by atoms with Crippen LogP contribution in [0.1, 0.15) is 54.4 Å². The van der Waals surface area contributed by atoms with Gasteiger partial charge in [-0.2, -0.15) is 0 Å². The van der Waals surface area contributed by atoms with Crippen molar-refractivity contribution in [1.29, 1.82) is 0 Å². The molecule has 3 atom stereocenters. The van der Waals surface area contributed by atoms with Gasteiger partial charge in [0.1, 0.15) is 17.2 Å². The molecule has 3 aliphatic rings. The van der Waals surface area contributed by atoms with E-state index in [9.17, 15) is 14.4 Å². The molecule has 0 N–H and O–H groups in total. The Morgan fingerprint density at radius 3 is 2.40 bits per heavy atom. The summed E-state index contributed by atoms with van der Waals surface area (Å²) in [7, 11) is 0. The lowest BCUT2D eigenvalue weighted by atomic mass is 9.64. The lowest BCUT2D eigenvalue weighted by Crippen LogP contribution is -2.48. The van der Waals surface area contributed by atoms with Crippen LogP contribution in [0.3, 0.4) is 0 Å². The zero-order valence-electron chi connectivity index (χ0n) is 21.5. The topological polar surface area (TPSA) is 63.7 Å². The Bertz CT molecular complexity index is 1690.